The average molecular weight is 266 g/mol. The van der Waals surface area contributed by atoms with Crippen molar-refractivity contribution in [3.8, 4) is 12.3 Å². The van der Waals surface area contributed by atoms with Gasteiger partial charge in [-0.05, 0) is 24.6 Å². The van der Waals surface area contributed by atoms with Crippen molar-refractivity contribution < 1.29 is 9.90 Å². The zero-order valence-electron chi connectivity index (χ0n) is 10.5. The van der Waals surface area contributed by atoms with E-state index in [4.69, 9.17) is 23.1 Å². The molecule has 0 aromatic heterocycles. The minimum atomic E-state index is -0.836. The third kappa shape index (κ3) is 3.41. The summed E-state index contributed by atoms with van der Waals surface area (Å²) in [5.74, 6) is 1.22. The quantitative estimate of drug-likeness (QED) is 0.833. The van der Waals surface area contributed by atoms with Gasteiger partial charge < -0.3 is 10.0 Å². The smallest absolute Gasteiger partial charge is 0.308 e. The second-order valence-electron chi connectivity index (χ2n) is 4.21. The van der Waals surface area contributed by atoms with Crippen LogP contribution in [0.2, 0.25) is 5.02 Å². The fraction of sp³-hybridized carbons (Fsp3) is 0.357. The van der Waals surface area contributed by atoms with Gasteiger partial charge in [0.05, 0.1) is 12.5 Å². The summed E-state index contributed by atoms with van der Waals surface area (Å²) in [5, 5.41) is 9.62. The molecule has 0 bridgehead atoms. The summed E-state index contributed by atoms with van der Waals surface area (Å²) in [4.78, 5) is 12.8. The first kappa shape index (κ1) is 14.4. The number of terminal acetylenes is 1. The first-order valence-electron chi connectivity index (χ1n) is 5.63. The number of anilines is 1. The van der Waals surface area contributed by atoms with Crippen molar-refractivity contribution in [1.82, 2.24) is 0 Å². The molecule has 0 aliphatic carbocycles. The monoisotopic (exact) mass is 265 g/mol. The van der Waals surface area contributed by atoms with Crippen molar-refractivity contribution in [2.24, 2.45) is 5.92 Å². The van der Waals surface area contributed by atoms with Crippen LogP contribution < -0.4 is 4.90 Å². The van der Waals surface area contributed by atoms with Gasteiger partial charge in [0.2, 0.25) is 0 Å². The topological polar surface area (TPSA) is 40.5 Å². The van der Waals surface area contributed by atoms with Crippen molar-refractivity contribution in [3.63, 3.8) is 0 Å². The van der Waals surface area contributed by atoms with Gasteiger partial charge in [-0.25, -0.2) is 0 Å². The van der Waals surface area contributed by atoms with Crippen LogP contribution in [0.1, 0.15) is 12.5 Å². The van der Waals surface area contributed by atoms with E-state index >= 15 is 0 Å². The van der Waals surface area contributed by atoms with Gasteiger partial charge in [-0.1, -0.05) is 30.5 Å². The van der Waals surface area contributed by atoms with E-state index in [0.29, 0.717) is 18.1 Å². The Kier molecular flexibility index (Phi) is 5.06. The first-order valence-corrected chi connectivity index (χ1v) is 6.01. The molecule has 18 heavy (non-hydrogen) atoms. The van der Waals surface area contributed by atoms with E-state index in [1.807, 2.05) is 24.0 Å². The highest BCUT2D eigenvalue weighted by atomic mass is 35.5. The molecule has 1 aromatic rings. The summed E-state index contributed by atoms with van der Waals surface area (Å²) in [6.07, 6.45) is 5.33. The van der Waals surface area contributed by atoms with Gasteiger partial charge in [0.15, 0.2) is 0 Å². The van der Waals surface area contributed by atoms with Gasteiger partial charge in [0.1, 0.15) is 0 Å². The Balaban J connectivity index is 3.01. The van der Waals surface area contributed by atoms with Crippen LogP contribution in [0, 0.1) is 25.2 Å². The molecule has 1 N–H and O–H groups in total. The minimum Gasteiger partial charge on any atom is -0.481 e. The molecular weight excluding hydrogens is 250 g/mol. The van der Waals surface area contributed by atoms with Gasteiger partial charge >= 0.3 is 5.97 Å². The highest BCUT2D eigenvalue weighted by Crippen LogP contribution is 2.26. The Hall–Kier alpha value is -1.66. The Morgan fingerprint density at radius 2 is 2.28 bits per heavy atom. The Morgan fingerprint density at radius 1 is 1.61 bits per heavy atom. The lowest BCUT2D eigenvalue weighted by atomic mass is 10.1. The minimum absolute atomic E-state index is 0.360. The number of nitrogens with zero attached hydrogens (tertiary/aromatic N) is 1. The molecule has 4 heteroatoms. The molecular formula is C14H16ClNO2. The van der Waals surface area contributed by atoms with Crippen LogP contribution in [-0.4, -0.2) is 24.2 Å². The number of hydrogen-bond acceptors (Lipinski definition) is 2. The molecule has 0 aliphatic heterocycles. The molecule has 0 radical (unpaired) electrons. The van der Waals surface area contributed by atoms with E-state index in [0.717, 1.165) is 11.3 Å². The SMILES string of the molecule is C#CCN(CC(C)C(=O)O)c1cccc(Cl)c1C. The first-order chi connectivity index (χ1) is 8.47. The summed E-state index contributed by atoms with van der Waals surface area (Å²) in [5.41, 5.74) is 1.79. The van der Waals surface area contributed by atoms with Gasteiger partial charge in [-0.3, -0.25) is 4.79 Å². The number of hydrogen-bond donors (Lipinski definition) is 1. The summed E-state index contributed by atoms with van der Waals surface area (Å²) < 4.78 is 0. The maximum atomic E-state index is 10.9. The van der Waals surface area contributed by atoms with Crippen LogP contribution in [-0.2, 0) is 4.79 Å². The van der Waals surface area contributed by atoms with Gasteiger partial charge in [-0.2, -0.15) is 0 Å². The molecule has 0 saturated carbocycles. The zero-order chi connectivity index (χ0) is 13.7. The highest BCUT2D eigenvalue weighted by Gasteiger charge is 2.17. The number of carboxylic acid groups (broad SMARTS) is 1. The lowest BCUT2D eigenvalue weighted by Crippen LogP contribution is -2.32. The largest absolute Gasteiger partial charge is 0.481 e. The number of aliphatic carboxylic acids is 1. The second-order valence-corrected chi connectivity index (χ2v) is 4.62. The molecule has 0 amide bonds. The summed E-state index contributed by atoms with van der Waals surface area (Å²) in [6, 6.07) is 5.53. The van der Waals surface area contributed by atoms with Gasteiger partial charge in [-0.15, -0.1) is 6.42 Å². The fourth-order valence-corrected chi connectivity index (χ4v) is 1.88. The molecule has 96 valence electrons. The molecule has 1 aromatic carbocycles. The number of rotatable bonds is 5. The average Bonchev–Trinajstić information content (AvgIpc) is 2.32. The molecule has 0 saturated heterocycles. The van der Waals surface area contributed by atoms with Crippen molar-refractivity contribution in [2.45, 2.75) is 13.8 Å². The third-order valence-corrected chi connectivity index (χ3v) is 3.19. The zero-order valence-corrected chi connectivity index (χ0v) is 11.2. The van der Waals surface area contributed by atoms with E-state index in [-0.39, 0.29) is 0 Å². The van der Waals surface area contributed by atoms with Crippen LogP contribution in [0.5, 0.6) is 0 Å². The van der Waals surface area contributed by atoms with E-state index in [1.165, 1.54) is 0 Å². The lowest BCUT2D eigenvalue weighted by molar-refractivity contribution is -0.140. The van der Waals surface area contributed by atoms with Gasteiger partial charge in [0.25, 0.3) is 0 Å². The molecule has 0 fully saturated rings. The lowest BCUT2D eigenvalue weighted by Gasteiger charge is -2.26. The summed E-state index contributed by atoms with van der Waals surface area (Å²) in [7, 11) is 0. The maximum absolute atomic E-state index is 10.9. The molecule has 0 heterocycles. The molecule has 1 unspecified atom stereocenters. The summed E-state index contributed by atoms with van der Waals surface area (Å²) in [6.45, 7) is 4.28. The van der Waals surface area contributed by atoms with E-state index in [2.05, 4.69) is 5.92 Å². The predicted octanol–water partition coefficient (Wildman–Crippen LogP) is 2.81. The van der Waals surface area contributed by atoms with Crippen molar-refractivity contribution in [1.29, 1.82) is 0 Å². The normalized spacial score (nSPS) is 11.7. The van der Waals surface area contributed by atoms with Gasteiger partial charge in [0, 0.05) is 17.3 Å². The van der Waals surface area contributed by atoms with E-state index in [9.17, 15) is 4.79 Å². The fourth-order valence-electron chi connectivity index (χ4n) is 1.71. The van der Waals surface area contributed by atoms with Crippen molar-refractivity contribution in [2.75, 3.05) is 18.0 Å². The van der Waals surface area contributed by atoms with Crippen LogP contribution >= 0.6 is 11.6 Å². The van der Waals surface area contributed by atoms with Crippen LogP contribution in [0.25, 0.3) is 0 Å². The Morgan fingerprint density at radius 3 is 2.83 bits per heavy atom. The number of carboxylic acids is 1. The van der Waals surface area contributed by atoms with Crippen LogP contribution in [0.3, 0.4) is 0 Å². The molecule has 0 aliphatic rings. The number of carbonyl (C=O) groups is 1. The number of halogens is 1. The molecule has 1 rings (SSSR count). The third-order valence-electron chi connectivity index (χ3n) is 2.78. The van der Waals surface area contributed by atoms with Crippen LogP contribution in [0.15, 0.2) is 18.2 Å². The highest BCUT2D eigenvalue weighted by molar-refractivity contribution is 6.31. The Bertz CT molecular complexity index is 479. The summed E-state index contributed by atoms with van der Waals surface area (Å²) >= 11 is 6.06. The van der Waals surface area contributed by atoms with E-state index in [1.54, 1.807) is 13.0 Å². The van der Waals surface area contributed by atoms with Crippen molar-refractivity contribution in [3.05, 3.63) is 28.8 Å². The van der Waals surface area contributed by atoms with E-state index < -0.39 is 11.9 Å². The molecule has 0 spiro atoms. The maximum Gasteiger partial charge on any atom is 0.308 e. The predicted molar refractivity (Wildman–Crippen MR) is 74.0 cm³/mol. The Labute approximate surface area is 112 Å². The van der Waals surface area contributed by atoms with Crippen LogP contribution in [0.4, 0.5) is 5.69 Å². The molecule has 1 atom stereocenters. The molecule has 3 nitrogen and oxygen atoms in total. The number of benzene rings is 1. The van der Waals surface area contributed by atoms with Crippen molar-refractivity contribution >= 4 is 23.3 Å². The standard InChI is InChI=1S/C14H16ClNO2/c1-4-8-16(9-10(2)14(17)18)13-7-5-6-12(15)11(13)3/h1,5-7,10H,8-9H2,2-3H3,(H,17,18). The second kappa shape index (κ2) is 6.32.